The molecule has 4 N–H and O–H groups in total. The first kappa shape index (κ1) is 18.4. The number of hydrogen-bond acceptors (Lipinski definition) is 5. The second kappa shape index (κ2) is 6.54. The Morgan fingerprint density at radius 1 is 1.36 bits per heavy atom. The number of aromatic nitrogens is 2. The molecule has 2 rings (SSSR count). The first-order chi connectivity index (χ1) is 11.5. The van der Waals surface area contributed by atoms with Gasteiger partial charge in [0.05, 0.1) is 5.52 Å². The van der Waals surface area contributed by atoms with Gasteiger partial charge in [0, 0.05) is 24.2 Å². The Morgan fingerprint density at radius 3 is 2.56 bits per heavy atom. The van der Waals surface area contributed by atoms with E-state index >= 15 is 0 Å². The zero-order chi connectivity index (χ0) is 18.9. The monoisotopic (exact) mass is 345 g/mol. The standard InChI is InChI=1S/C17H23N5O3/c1-9-6-7-10-8-22(5)21-13(10)11(9)12(14(23)20-16(18)19)15(24)25-17(2,3)4/h6-8,12H,1-5H3,(H4,18,19,20,23). The Kier molecular flexibility index (Phi) is 4.82. The van der Waals surface area contributed by atoms with Crippen LogP contribution in [0.25, 0.3) is 10.9 Å². The number of esters is 1. The number of fused-ring (bicyclic) bond motifs is 1. The predicted octanol–water partition coefficient (Wildman–Crippen LogP) is 1.32. The quantitative estimate of drug-likeness (QED) is 0.335. The van der Waals surface area contributed by atoms with E-state index in [1.54, 1.807) is 45.6 Å². The number of carbonyl (C=O) groups is 2. The average Bonchev–Trinajstić information content (AvgIpc) is 2.79. The van der Waals surface area contributed by atoms with Crippen LogP contribution in [0.2, 0.25) is 0 Å². The largest absolute Gasteiger partial charge is 0.459 e. The lowest BCUT2D eigenvalue weighted by atomic mass is 9.91. The van der Waals surface area contributed by atoms with E-state index < -0.39 is 29.4 Å². The molecule has 134 valence electrons. The van der Waals surface area contributed by atoms with Gasteiger partial charge in [-0.25, -0.2) is 0 Å². The van der Waals surface area contributed by atoms with Crippen molar-refractivity contribution in [3.8, 4) is 0 Å². The van der Waals surface area contributed by atoms with Gasteiger partial charge in [0.15, 0.2) is 11.9 Å². The summed E-state index contributed by atoms with van der Waals surface area (Å²) in [6, 6.07) is 3.69. The SMILES string of the molecule is Cc1ccc2cn(C)nc2c1C(C(=O)NC(=N)N)C(=O)OC(C)(C)C. The van der Waals surface area contributed by atoms with Crippen molar-refractivity contribution in [2.75, 3.05) is 0 Å². The van der Waals surface area contributed by atoms with E-state index in [1.165, 1.54) is 0 Å². The fraction of sp³-hybridized carbons (Fsp3) is 0.412. The number of benzene rings is 1. The first-order valence-corrected chi connectivity index (χ1v) is 7.80. The number of ether oxygens (including phenoxy) is 1. The van der Waals surface area contributed by atoms with Gasteiger partial charge >= 0.3 is 5.97 Å². The average molecular weight is 345 g/mol. The molecule has 0 fully saturated rings. The van der Waals surface area contributed by atoms with Crippen LogP contribution < -0.4 is 11.1 Å². The van der Waals surface area contributed by atoms with E-state index in [4.69, 9.17) is 15.9 Å². The smallest absolute Gasteiger partial charge is 0.323 e. The molecular weight excluding hydrogens is 322 g/mol. The van der Waals surface area contributed by atoms with Crippen molar-refractivity contribution in [1.29, 1.82) is 5.41 Å². The van der Waals surface area contributed by atoms with Gasteiger partial charge < -0.3 is 10.5 Å². The van der Waals surface area contributed by atoms with Crippen LogP contribution in [0.4, 0.5) is 0 Å². The van der Waals surface area contributed by atoms with Gasteiger partial charge in [-0.05, 0) is 33.3 Å². The van der Waals surface area contributed by atoms with E-state index in [0.717, 1.165) is 10.9 Å². The van der Waals surface area contributed by atoms with Crippen LogP contribution in [0, 0.1) is 12.3 Å². The van der Waals surface area contributed by atoms with E-state index in [-0.39, 0.29) is 0 Å². The van der Waals surface area contributed by atoms with Crippen LogP contribution in [0.3, 0.4) is 0 Å². The molecule has 8 nitrogen and oxygen atoms in total. The molecular formula is C17H23N5O3. The molecule has 0 spiro atoms. The van der Waals surface area contributed by atoms with Crippen molar-refractivity contribution >= 4 is 28.7 Å². The molecule has 25 heavy (non-hydrogen) atoms. The normalized spacial score (nSPS) is 12.7. The fourth-order valence-electron chi connectivity index (χ4n) is 2.62. The minimum atomic E-state index is -1.28. The highest BCUT2D eigenvalue weighted by molar-refractivity contribution is 6.11. The third-order valence-electron chi connectivity index (χ3n) is 3.50. The maximum Gasteiger partial charge on any atom is 0.323 e. The van der Waals surface area contributed by atoms with Crippen LogP contribution in [-0.2, 0) is 21.4 Å². The molecule has 1 aromatic heterocycles. The van der Waals surface area contributed by atoms with E-state index in [9.17, 15) is 9.59 Å². The molecule has 0 aliphatic rings. The molecule has 8 heteroatoms. The Morgan fingerprint density at radius 2 is 2.00 bits per heavy atom. The predicted molar refractivity (Wildman–Crippen MR) is 94.1 cm³/mol. The Bertz CT molecular complexity index is 848. The fourth-order valence-corrected chi connectivity index (χ4v) is 2.62. The molecule has 0 saturated carbocycles. The van der Waals surface area contributed by atoms with Crippen LogP contribution in [0.15, 0.2) is 18.3 Å². The molecule has 2 aromatic rings. The summed E-state index contributed by atoms with van der Waals surface area (Å²) in [5.41, 5.74) is 6.22. The molecule has 1 unspecified atom stereocenters. The summed E-state index contributed by atoms with van der Waals surface area (Å²) in [4.78, 5) is 25.4. The van der Waals surface area contributed by atoms with Crippen molar-refractivity contribution in [3.05, 3.63) is 29.5 Å². The van der Waals surface area contributed by atoms with Gasteiger partial charge in [-0.15, -0.1) is 0 Å². The van der Waals surface area contributed by atoms with Crippen LogP contribution in [0.5, 0.6) is 0 Å². The highest BCUT2D eigenvalue weighted by Gasteiger charge is 2.36. The first-order valence-electron chi connectivity index (χ1n) is 7.80. The molecule has 0 saturated heterocycles. The summed E-state index contributed by atoms with van der Waals surface area (Å²) in [5.74, 6) is -3.25. The van der Waals surface area contributed by atoms with Crippen LogP contribution >= 0.6 is 0 Å². The number of carbonyl (C=O) groups excluding carboxylic acids is 2. The van der Waals surface area contributed by atoms with Gasteiger partial charge in [0.25, 0.3) is 0 Å². The van der Waals surface area contributed by atoms with Crippen LogP contribution in [-0.4, -0.2) is 33.2 Å². The topological polar surface area (TPSA) is 123 Å². The number of rotatable bonds is 3. The molecule has 1 amide bonds. The van der Waals surface area contributed by atoms with E-state index in [0.29, 0.717) is 11.1 Å². The van der Waals surface area contributed by atoms with Gasteiger partial charge in [-0.3, -0.25) is 25.0 Å². The minimum Gasteiger partial charge on any atom is -0.459 e. The maximum atomic E-state index is 12.8. The highest BCUT2D eigenvalue weighted by Crippen LogP contribution is 2.30. The molecule has 0 aliphatic heterocycles. The zero-order valence-electron chi connectivity index (χ0n) is 15.0. The van der Waals surface area contributed by atoms with Gasteiger partial charge in [0.1, 0.15) is 5.60 Å². The zero-order valence-corrected chi connectivity index (χ0v) is 15.0. The molecule has 0 bridgehead atoms. The number of amides is 1. The number of nitrogens with two attached hydrogens (primary N) is 1. The number of nitrogens with zero attached hydrogens (tertiary/aromatic N) is 2. The molecule has 1 aromatic carbocycles. The molecule has 0 aliphatic carbocycles. The second-order valence-corrected chi connectivity index (χ2v) is 6.91. The summed E-state index contributed by atoms with van der Waals surface area (Å²) in [5, 5.41) is 14.7. The van der Waals surface area contributed by atoms with Gasteiger partial charge in [0.2, 0.25) is 5.91 Å². The summed E-state index contributed by atoms with van der Waals surface area (Å²) in [6.07, 6.45) is 1.80. The third kappa shape index (κ3) is 4.14. The van der Waals surface area contributed by atoms with Crippen molar-refractivity contribution in [2.24, 2.45) is 12.8 Å². The Labute approximate surface area is 145 Å². The van der Waals surface area contributed by atoms with Gasteiger partial charge in [-0.1, -0.05) is 12.1 Å². The lowest BCUT2D eigenvalue weighted by Crippen LogP contribution is -2.43. The van der Waals surface area contributed by atoms with Crippen molar-refractivity contribution < 1.29 is 14.3 Å². The number of guanidine groups is 1. The lowest BCUT2D eigenvalue weighted by molar-refractivity contribution is -0.158. The Hall–Kier alpha value is -2.90. The Balaban J connectivity index is 2.63. The summed E-state index contributed by atoms with van der Waals surface area (Å²) < 4.78 is 7.04. The molecule has 1 heterocycles. The highest BCUT2D eigenvalue weighted by atomic mass is 16.6. The maximum absolute atomic E-state index is 12.8. The van der Waals surface area contributed by atoms with Crippen molar-refractivity contribution in [2.45, 2.75) is 39.2 Å². The minimum absolute atomic E-state index is 0.450. The second-order valence-electron chi connectivity index (χ2n) is 6.91. The van der Waals surface area contributed by atoms with Crippen molar-refractivity contribution in [3.63, 3.8) is 0 Å². The summed E-state index contributed by atoms with van der Waals surface area (Å²) in [7, 11) is 1.76. The van der Waals surface area contributed by atoms with Gasteiger partial charge in [-0.2, -0.15) is 5.10 Å². The van der Waals surface area contributed by atoms with E-state index in [1.807, 2.05) is 12.1 Å². The lowest BCUT2D eigenvalue weighted by Gasteiger charge is -2.24. The van der Waals surface area contributed by atoms with E-state index in [2.05, 4.69) is 10.4 Å². The molecule has 0 radical (unpaired) electrons. The summed E-state index contributed by atoms with van der Waals surface area (Å²) in [6.45, 7) is 6.96. The molecule has 1 atom stereocenters. The number of aryl methyl sites for hydroxylation is 2. The third-order valence-corrected chi connectivity index (χ3v) is 3.50. The summed E-state index contributed by atoms with van der Waals surface area (Å²) >= 11 is 0. The number of hydrogen-bond donors (Lipinski definition) is 3. The number of nitrogens with one attached hydrogen (secondary N) is 2. The van der Waals surface area contributed by atoms with Crippen LogP contribution in [0.1, 0.15) is 37.8 Å². The van der Waals surface area contributed by atoms with Crippen molar-refractivity contribution in [1.82, 2.24) is 15.1 Å².